The number of aliphatic imine (C=N–C) groups is 1. The molecule has 2 aromatic rings. The van der Waals surface area contributed by atoms with E-state index >= 15 is 0 Å². The van der Waals surface area contributed by atoms with Crippen LogP contribution in [0.2, 0.25) is 0 Å². The van der Waals surface area contributed by atoms with Crippen molar-refractivity contribution in [3.63, 3.8) is 0 Å². The van der Waals surface area contributed by atoms with E-state index in [1.807, 2.05) is 30.3 Å². The molecule has 164 valence electrons. The molecule has 0 bridgehead atoms. The van der Waals surface area contributed by atoms with Crippen molar-refractivity contribution >= 4 is 23.5 Å². The fourth-order valence-corrected chi connectivity index (χ4v) is 3.18. The number of nitrogens with zero attached hydrogens (tertiary/aromatic N) is 2. The number of hydrogen-bond donors (Lipinski definition) is 3. The Morgan fingerprint density at radius 2 is 1.87 bits per heavy atom. The largest absolute Gasteiger partial charge is 0.493 e. The molecule has 0 unspecified atom stereocenters. The Morgan fingerprint density at radius 1 is 1.13 bits per heavy atom. The van der Waals surface area contributed by atoms with Crippen LogP contribution in [0, 0.1) is 0 Å². The molecule has 0 saturated carbocycles. The molecule has 9 nitrogen and oxygen atoms in total. The number of methoxy groups -OCH3 is 2. The first-order valence-corrected chi connectivity index (χ1v) is 9.88. The monoisotopic (exact) mass is 425 g/mol. The van der Waals surface area contributed by atoms with Crippen LogP contribution < -0.4 is 25.4 Å². The number of hydrogen-bond acceptors (Lipinski definition) is 5. The normalized spacial score (nSPS) is 14.0. The number of piperazine rings is 1. The first-order chi connectivity index (χ1) is 15.0. The van der Waals surface area contributed by atoms with Crippen LogP contribution in [0.15, 0.2) is 47.5 Å². The van der Waals surface area contributed by atoms with Gasteiger partial charge in [-0.1, -0.05) is 12.1 Å². The third-order valence-electron chi connectivity index (χ3n) is 4.86. The topological polar surface area (TPSA) is 104 Å². The van der Waals surface area contributed by atoms with Crippen LogP contribution in [-0.2, 0) is 11.3 Å². The lowest BCUT2D eigenvalue weighted by atomic mass is 10.1. The Balaban J connectivity index is 1.57. The van der Waals surface area contributed by atoms with E-state index in [1.165, 1.54) is 0 Å². The van der Waals surface area contributed by atoms with Crippen molar-refractivity contribution in [3.8, 4) is 11.5 Å². The molecule has 0 aliphatic carbocycles. The minimum Gasteiger partial charge on any atom is -0.493 e. The third kappa shape index (κ3) is 5.65. The molecule has 3 N–H and O–H groups in total. The average Bonchev–Trinajstić information content (AvgIpc) is 2.81. The number of amides is 2. The quantitative estimate of drug-likeness (QED) is 0.478. The zero-order chi connectivity index (χ0) is 22.2. The number of ether oxygens (including phenoxy) is 2. The van der Waals surface area contributed by atoms with Gasteiger partial charge in [-0.3, -0.25) is 14.6 Å². The highest BCUT2D eigenvalue weighted by Crippen LogP contribution is 2.29. The molecule has 2 aromatic carbocycles. The molecule has 0 atom stereocenters. The van der Waals surface area contributed by atoms with E-state index in [1.54, 1.807) is 38.3 Å². The van der Waals surface area contributed by atoms with Gasteiger partial charge in [-0.2, -0.15) is 0 Å². The van der Waals surface area contributed by atoms with Gasteiger partial charge in [-0.25, -0.2) is 0 Å². The third-order valence-corrected chi connectivity index (χ3v) is 4.86. The smallest absolute Gasteiger partial charge is 0.254 e. The predicted molar refractivity (Wildman–Crippen MR) is 119 cm³/mol. The van der Waals surface area contributed by atoms with Crippen molar-refractivity contribution in [2.75, 3.05) is 46.2 Å². The van der Waals surface area contributed by atoms with Crippen molar-refractivity contribution in [1.82, 2.24) is 15.5 Å². The second-order valence-corrected chi connectivity index (χ2v) is 6.89. The van der Waals surface area contributed by atoms with Gasteiger partial charge in [-0.15, -0.1) is 0 Å². The second-order valence-electron chi connectivity index (χ2n) is 6.89. The molecule has 0 aromatic heterocycles. The number of anilines is 1. The Hall–Kier alpha value is -3.75. The van der Waals surface area contributed by atoms with E-state index < -0.39 is 0 Å². The summed E-state index contributed by atoms with van der Waals surface area (Å²) in [5.74, 6) is 1.59. The van der Waals surface area contributed by atoms with Crippen molar-refractivity contribution < 1.29 is 19.1 Å². The fourth-order valence-electron chi connectivity index (χ4n) is 3.18. The fraction of sp³-hybridized carbons (Fsp3) is 0.318. The Morgan fingerprint density at radius 3 is 2.52 bits per heavy atom. The summed E-state index contributed by atoms with van der Waals surface area (Å²) in [5.41, 5.74) is 2.35. The van der Waals surface area contributed by atoms with E-state index in [0.717, 1.165) is 11.3 Å². The summed E-state index contributed by atoms with van der Waals surface area (Å²) in [6, 6.07) is 12.8. The van der Waals surface area contributed by atoms with Crippen LogP contribution >= 0.6 is 0 Å². The van der Waals surface area contributed by atoms with E-state index in [0.29, 0.717) is 42.7 Å². The van der Waals surface area contributed by atoms with Gasteiger partial charge >= 0.3 is 0 Å². The van der Waals surface area contributed by atoms with Gasteiger partial charge in [0.05, 0.1) is 20.8 Å². The van der Waals surface area contributed by atoms with Gasteiger partial charge in [0.25, 0.3) is 5.91 Å². The Labute approximate surface area is 181 Å². The van der Waals surface area contributed by atoms with E-state index in [4.69, 9.17) is 9.47 Å². The molecular weight excluding hydrogens is 398 g/mol. The standard InChI is InChI=1S/C22H27N5O4/c1-23-22(26-17-8-9-18(30-2)19(12-17)31-3)25-13-15-4-6-16(7-5-15)21(29)27-11-10-24-20(28)14-27/h4-9,12H,10-11,13-14H2,1-3H3,(H,24,28)(H2,23,25,26). The van der Waals surface area contributed by atoms with Crippen LogP contribution in [0.4, 0.5) is 5.69 Å². The lowest BCUT2D eigenvalue weighted by molar-refractivity contribution is -0.123. The minimum atomic E-state index is -0.139. The lowest BCUT2D eigenvalue weighted by Gasteiger charge is -2.26. The van der Waals surface area contributed by atoms with Crippen molar-refractivity contribution in [2.24, 2.45) is 4.99 Å². The summed E-state index contributed by atoms with van der Waals surface area (Å²) >= 11 is 0. The number of benzene rings is 2. The molecular formula is C22H27N5O4. The number of nitrogens with one attached hydrogen (secondary N) is 3. The van der Waals surface area contributed by atoms with Gasteiger partial charge in [0.2, 0.25) is 5.91 Å². The van der Waals surface area contributed by atoms with Crippen molar-refractivity contribution in [2.45, 2.75) is 6.54 Å². The minimum absolute atomic E-state index is 0.0975. The maximum atomic E-state index is 12.6. The summed E-state index contributed by atoms with van der Waals surface area (Å²) < 4.78 is 10.6. The lowest BCUT2D eigenvalue weighted by Crippen LogP contribution is -2.49. The molecule has 9 heteroatoms. The molecule has 1 aliphatic rings. The van der Waals surface area contributed by atoms with Gasteiger partial charge in [0.15, 0.2) is 17.5 Å². The maximum Gasteiger partial charge on any atom is 0.254 e. The number of carbonyl (C=O) groups excluding carboxylic acids is 2. The van der Waals surface area contributed by atoms with Crippen LogP contribution in [0.3, 0.4) is 0 Å². The number of carbonyl (C=O) groups is 2. The van der Waals surface area contributed by atoms with Crippen molar-refractivity contribution in [3.05, 3.63) is 53.6 Å². The highest BCUT2D eigenvalue weighted by Gasteiger charge is 2.22. The Kier molecular flexibility index (Phi) is 7.31. The summed E-state index contributed by atoms with van der Waals surface area (Å²) in [6.07, 6.45) is 0. The summed E-state index contributed by atoms with van der Waals surface area (Å²) in [4.78, 5) is 29.8. The van der Waals surface area contributed by atoms with Gasteiger partial charge in [0.1, 0.15) is 0 Å². The van der Waals surface area contributed by atoms with E-state index in [9.17, 15) is 9.59 Å². The molecule has 31 heavy (non-hydrogen) atoms. The first kappa shape index (κ1) is 21.9. The molecule has 1 fully saturated rings. The van der Waals surface area contributed by atoms with Crippen LogP contribution in [-0.4, -0.2) is 63.6 Å². The zero-order valence-electron chi connectivity index (χ0n) is 17.9. The average molecular weight is 425 g/mol. The SMILES string of the molecule is CN=C(NCc1ccc(C(=O)N2CCNC(=O)C2)cc1)Nc1ccc(OC)c(OC)c1. The molecule has 3 rings (SSSR count). The van der Waals surface area contributed by atoms with Gasteiger partial charge < -0.3 is 30.3 Å². The van der Waals surface area contributed by atoms with Gasteiger partial charge in [-0.05, 0) is 29.8 Å². The second kappa shape index (κ2) is 10.3. The Bertz CT molecular complexity index is 959. The summed E-state index contributed by atoms with van der Waals surface area (Å²) in [7, 11) is 4.86. The molecule has 2 amide bonds. The maximum absolute atomic E-state index is 12.6. The number of rotatable bonds is 6. The first-order valence-electron chi connectivity index (χ1n) is 9.88. The molecule has 1 heterocycles. The van der Waals surface area contributed by atoms with E-state index in [2.05, 4.69) is 20.9 Å². The molecule has 0 radical (unpaired) electrons. The highest BCUT2D eigenvalue weighted by molar-refractivity contribution is 5.97. The predicted octanol–water partition coefficient (Wildman–Crippen LogP) is 1.46. The molecule has 0 spiro atoms. The number of guanidine groups is 1. The highest BCUT2D eigenvalue weighted by atomic mass is 16.5. The summed E-state index contributed by atoms with van der Waals surface area (Å²) in [5, 5.41) is 9.16. The van der Waals surface area contributed by atoms with E-state index in [-0.39, 0.29) is 18.4 Å². The zero-order valence-corrected chi connectivity index (χ0v) is 17.9. The molecule has 1 saturated heterocycles. The summed E-state index contributed by atoms with van der Waals surface area (Å²) in [6.45, 7) is 1.62. The van der Waals surface area contributed by atoms with Crippen molar-refractivity contribution in [1.29, 1.82) is 0 Å². The molecule has 1 aliphatic heterocycles. The van der Waals surface area contributed by atoms with Gasteiger partial charge in [0, 0.05) is 44.0 Å². The van der Waals surface area contributed by atoms with Crippen LogP contribution in [0.25, 0.3) is 0 Å². The van der Waals surface area contributed by atoms with Crippen LogP contribution in [0.1, 0.15) is 15.9 Å². The van der Waals surface area contributed by atoms with Crippen LogP contribution in [0.5, 0.6) is 11.5 Å².